The van der Waals surface area contributed by atoms with E-state index >= 15 is 0 Å². The second-order valence-corrected chi connectivity index (χ2v) is 8.90. The number of carbonyl (C=O) groups is 3. The van der Waals surface area contributed by atoms with E-state index in [1.807, 2.05) is 54.6 Å². The van der Waals surface area contributed by atoms with Gasteiger partial charge in [-0.2, -0.15) is 0 Å². The molecule has 0 radical (unpaired) electrons. The molecular weight excluding hydrogens is 446 g/mol. The molecule has 3 amide bonds. The first kappa shape index (κ1) is 22.7. The van der Waals surface area contributed by atoms with Crippen LogP contribution in [0.3, 0.4) is 0 Å². The third-order valence-corrected chi connectivity index (χ3v) is 6.52. The molecule has 1 N–H and O–H groups in total. The van der Waals surface area contributed by atoms with Gasteiger partial charge in [0.05, 0.1) is 17.9 Å². The average molecular weight is 474 g/mol. The first-order valence-corrected chi connectivity index (χ1v) is 11.8. The maximum Gasteiger partial charge on any atom is 0.257 e. The third-order valence-electron chi connectivity index (χ3n) is 6.52. The number of para-hydroxylation sites is 1. The molecule has 3 heterocycles. The lowest BCUT2D eigenvalue weighted by Crippen LogP contribution is -2.46. The quantitative estimate of drug-likeness (QED) is 0.587. The Bertz CT molecular complexity index is 1170. The molecule has 2 saturated heterocycles. The Hall–Kier alpha value is -4.07. The lowest BCUT2D eigenvalue weighted by molar-refractivity contribution is -0.126. The molecule has 180 valence electrons. The lowest BCUT2D eigenvalue weighted by atomic mass is 9.95. The van der Waals surface area contributed by atoms with Crippen molar-refractivity contribution in [3.05, 3.63) is 78.8 Å². The van der Waals surface area contributed by atoms with Crippen LogP contribution in [0.15, 0.2) is 77.6 Å². The fourth-order valence-corrected chi connectivity index (χ4v) is 4.61. The molecule has 5 rings (SSSR count). The van der Waals surface area contributed by atoms with Crippen LogP contribution in [-0.4, -0.2) is 48.3 Å². The highest BCUT2D eigenvalue weighted by atomic mass is 16.5. The minimum atomic E-state index is -0.235. The monoisotopic (exact) mass is 473 g/mol. The Morgan fingerprint density at radius 3 is 2.34 bits per heavy atom. The number of hydrogen-bond acceptors (Lipinski definition) is 5. The number of furan rings is 1. The van der Waals surface area contributed by atoms with E-state index in [4.69, 9.17) is 9.15 Å². The van der Waals surface area contributed by atoms with Gasteiger partial charge in [0, 0.05) is 37.7 Å². The number of ether oxygens (including phenoxy) is 1. The maximum atomic E-state index is 12.9. The molecule has 2 aromatic carbocycles. The maximum absolute atomic E-state index is 12.9. The van der Waals surface area contributed by atoms with E-state index in [0.717, 1.165) is 11.4 Å². The third kappa shape index (κ3) is 5.21. The van der Waals surface area contributed by atoms with Gasteiger partial charge in [0.2, 0.25) is 11.8 Å². The largest absolute Gasteiger partial charge is 0.472 e. The Morgan fingerprint density at radius 1 is 0.943 bits per heavy atom. The zero-order chi connectivity index (χ0) is 24.2. The van der Waals surface area contributed by atoms with E-state index in [2.05, 4.69) is 5.32 Å². The normalized spacial score (nSPS) is 18.5. The van der Waals surface area contributed by atoms with Crippen LogP contribution in [0.1, 0.15) is 29.6 Å². The van der Waals surface area contributed by atoms with Gasteiger partial charge < -0.3 is 24.3 Å². The molecule has 0 aliphatic carbocycles. The van der Waals surface area contributed by atoms with Crippen molar-refractivity contribution in [1.82, 2.24) is 10.2 Å². The zero-order valence-corrected chi connectivity index (χ0v) is 19.3. The number of carbonyl (C=O) groups excluding carboxylic acids is 3. The van der Waals surface area contributed by atoms with E-state index in [0.29, 0.717) is 43.8 Å². The topological polar surface area (TPSA) is 92.1 Å². The molecule has 35 heavy (non-hydrogen) atoms. The summed E-state index contributed by atoms with van der Waals surface area (Å²) in [6, 6.07) is 18.3. The van der Waals surface area contributed by atoms with Crippen LogP contribution in [-0.2, 0) is 9.59 Å². The van der Waals surface area contributed by atoms with Crippen molar-refractivity contribution < 1.29 is 23.5 Å². The second kappa shape index (κ2) is 10.0. The molecule has 0 bridgehead atoms. The van der Waals surface area contributed by atoms with Crippen LogP contribution < -0.4 is 15.0 Å². The predicted octanol–water partition coefficient (Wildman–Crippen LogP) is 3.85. The van der Waals surface area contributed by atoms with E-state index in [1.54, 1.807) is 15.9 Å². The van der Waals surface area contributed by atoms with E-state index < -0.39 is 0 Å². The molecule has 3 aromatic rings. The van der Waals surface area contributed by atoms with Gasteiger partial charge in [-0.15, -0.1) is 0 Å². The molecule has 2 aliphatic heterocycles. The molecule has 2 fully saturated rings. The number of nitrogens with zero attached hydrogens (tertiary/aromatic N) is 2. The van der Waals surface area contributed by atoms with Crippen LogP contribution in [0.2, 0.25) is 0 Å². The van der Waals surface area contributed by atoms with Gasteiger partial charge in [-0.25, -0.2) is 0 Å². The Balaban J connectivity index is 1.12. The van der Waals surface area contributed by atoms with Crippen LogP contribution in [0.25, 0.3) is 0 Å². The summed E-state index contributed by atoms with van der Waals surface area (Å²) >= 11 is 0. The van der Waals surface area contributed by atoms with Gasteiger partial charge >= 0.3 is 0 Å². The van der Waals surface area contributed by atoms with Crippen molar-refractivity contribution in [3.8, 4) is 11.5 Å². The molecule has 0 spiro atoms. The minimum absolute atomic E-state index is 0.0208. The van der Waals surface area contributed by atoms with Crippen molar-refractivity contribution in [2.24, 2.45) is 5.92 Å². The van der Waals surface area contributed by atoms with Crippen molar-refractivity contribution in [1.29, 1.82) is 0 Å². The van der Waals surface area contributed by atoms with Crippen LogP contribution in [0.5, 0.6) is 11.5 Å². The van der Waals surface area contributed by atoms with Gasteiger partial charge in [0.15, 0.2) is 0 Å². The molecular formula is C27H27N3O5. The summed E-state index contributed by atoms with van der Waals surface area (Å²) in [5, 5.41) is 3.05. The minimum Gasteiger partial charge on any atom is -0.472 e. The number of amides is 3. The summed E-state index contributed by atoms with van der Waals surface area (Å²) in [5.41, 5.74) is 1.30. The van der Waals surface area contributed by atoms with Gasteiger partial charge in [-0.3, -0.25) is 14.4 Å². The number of piperidine rings is 1. The van der Waals surface area contributed by atoms with Crippen molar-refractivity contribution >= 4 is 23.4 Å². The Kier molecular flexibility index (Phi) is 6.52. The van der Waals surface area contributed by atoms with Crippen molar-refractivity contribution in [3.63, 3.8) is 0 Å². The number of benzene rings is 2. The number of anilines is 1. The van der Waals surface area contributed by atoms with Crippen LogP contribution in [0.4, 0.5) is 5.69 Å². The second-order valence-electron chi connectivity index (χ2n) is 8.90. The summed E-state index contributed by atoms with van der Waals surface area (Å²) in [6.45, 7) is 1.48. The first-order valence-electron chi connectivity index (χ1n) is 11.8. The lowest BCUT2D eigenvalue weighted by Gasteiger charge is -2.31. The molecule has 0 saturated carbocycles. The first-order chi connectivity index (χ1) is 17.1. The number of rotatable bonds is 6. The molecule has 1 aromatic heterocycles. The predicted molar refractivity (Wildman–Crippen MR) is 129 cm³/mol. The van der Waals surface area contributed by atoms with Crippen molar-refractivity contribution in [2.45, 2.75) is 25.3 Å². The van der Waals surface area contributed by atoms with Gasteiger partial charge in [0.25, 0.3) is 5.91 Å². The van der Waals surface area contributed by atoms with E-state index in [9.17, 15) is 14.4 Å². The number of likely N-dealkylation sites (tertiary alicyclic amines) is 1. The number of hydrogen-bond donors (Lipinski definition) is 1. The molecule has 8 nitrogen and oxygen atoms in total. The standard InChI is InChI=1S/C27H27N3O5/c31-25-16-21(17-30(25)22-6-8-24(9-7-22)35-23-4-2-1-3-5-23)28-26(32)19-10-13-29(14-11-19)27(33)20-12-15-34-18-20/h1-9,12,15,18-19,21H,10-11,13-14,16-17H2,(H,28,32). The fourth-order valence-electron chi connectivity index (χ4n) is 4.61. The van der Waals surface area contributed by atoms with Gasteiger partial charge in [0.1, 0.15) is 17.8 Å². The SMILES string of the molecule is O=C(NC1CC(=O)N(c2ccc(Oc3ccccc3)cc2)C1)C1CCN(C(=O)c2ccoc2)CC1. The van der Waals surface area contributed by atoms with Gasteiger partial charge in [-0.05, 0) is 55.3 Å². The van der Waals surface area contributed by atoms with Crippen LogP contribution in [0, 0.1) is 5.92 Å². The highest BCUT2D eigenvalue weighted by Gasteiger charge is 2.34. The Labute approximate surface area is 203 Å². The molecule has 2 aliphatic rings. The highest BCUT2D eigenvalue weighted by molar-refractivity contribution is 5.97. The summed E-state index contributed by atoms with van der Waals surface area (Å²) in [4.78, 5) is 41.4. The molecule has 1 atom stereocenters. The van der Waals surface area contributed by atoms with Crippen LogP contribution >= 0.6 is 0 Å². The van der Waals surface area contributed by atoms with Gasteiger partial charge in [-0.1, -0.05) is 18.2 Å². The molecule has 1 unspecified atom stereocenters. The summed E-state index contributed by atoms with van der Waals surface area (Å²) in [6.07, 6.45) is 4.39. The van der Waals surface area contributed by atoms with E-state index in [1.165, 1.54) is 12.5 Å². The average Bonchev–Trinajstić information content (AvgIpc) is 3.55. The van der Waals surface area contributed by atoms with E-state index in [-0.39, 0.29) is 36.1 Å². The smallest absolute Gasteiger partial charge is 0.257 e. The summed E-state index contributed by atoms with van der Waals surface area (Å²) in [7, 11) is 0. The summed E-state index contributed by atoms with van der Waals surface area (Å²) < 4.78 is 10.8. The fraction of sp³-hybridized carbons (Fsp3) is 0.296. The Morgan fingerprint density at radius 2 is 1.66 bits per heavy atom. The molecule has 8 heteroatoms. The summed E-state index contributed by atoms with van der Waals surface area (Å²) in [5.74, 6) is 1.13. The zero-order valence-electron chi connectivity index (χ0n) is 19.3. The highest BCUT2D eigenvalue weighted by Crippen LogP contribution is 2.27. The number of nitrogens with one attached hydrogen (secondary N) is 1. The van der Waals surface area contributed by atoms with Crippen molar-refractivity contribution in [2.75, 3.05) is 24.5 Å².